The number of aryl methyl sites for hydroxylation is 1. The summed E-state index contributed by atoms with van der Waals surface area (Å²) < 4.78 is 16.1. The van der Waals surface area contributed by atoms with E-state index in [1.165, 1.54) is 6.07 Å². The van der Waals surface area contributed by atoms with Gasteiger partial charge in [0.1, 0.15) is 11.6 Å². The lowest BCUT2D eigenvalue weighted by Crippen LogP contribution is -2.16. The van der Waals surface area contributed by atoms with E-state index in [-0.39, 0.29) is 17.8 Å². The van der Waals surface area contributed by atoms with Crippen molar-refractivity contribution in [3.8, 4) is 0 Å². The molecule has 0 unspecified atom stereocenters. The number of halogens is 1. The summed E-state index contributed by atoms with van der Waals surface area (Å²) in [4.78, 5) is 7.50. The Balaban J connectivity index is 1.43. The molecule has 132 valence electrons. The molecule has 3 heterocycles. The van der Waals surface area contributed by atoms with Crippen molar-refractivity contribution in [2.24, 2.45) is 0 Å². The number of hydrogen-bond donors (Lipinski definition) is 2. The molecule has 2 atom stereocenters. The van der Waals surface area contributed by atoms with Gasteiger partial charge in [0.15, 0.2) is 11.3 Å². The first-order valence-electron chi connectivity index (χ1n) is 8.89. The third kappa shape index (κ3) is 2.42. The van der Waals surface area contributed by atoms with Crippen molar-refractivity contribution in [2.45, 2.75) is 38.1 Å². The van der Waals surface area contributed by atoms with Gasteiger partial charge in [0.2, 0.25) is 0 Å². The molecule has 1 saturated carbocycles. The number of rotatable bonds is 3. The lowest BCUT2D eigenvalue weighted by molar-refractivity contribution is 0.620. The topological polar surface area (TPSA) is 70.9 Å². The van der Waals surface area contributed by atoms with Gasteiger partial charge in [-0.2, -0.15) is 0 Å². The van der Waals surface area contributed by atoms with E-state index in [2.05, 4.69) is 29.9 Å². The van der Waals surface area contributed by atoms with Crippen LogP contribution in [0.15, 0.2) is 36.7 Å². The number of nitrogens with one attached hydrogen (secondary N) is 2. The number of aromatic amines is 1. The number of hydrogen-bond acceptors (Lipinski definition) is 4. The predicted molar refractivity (Wildman–Crippen MR) is 97.8 cm³/mol. The van der Waals surface area contributed by atoms with Crippen molar-refractivity contribution in [3.05, 3.63) is 53.9 Å². The Bertz CT molecular complexity index is 1100. The van der Waals surface area contributed by atoms with Crippen LogP contribution in [0.3, 0.4) is 0 Å². The first-order chi connectivity index (χ1) is 12.7. The van der Waals surface area contributed by atoms with Gasteiger partial charge in [-0.3, -0.25) is 4.40 Å². The van der Waals surface area contributed by atoms with E-state index in [1.54, 1.807) is 12.3 Å². The highest BCUT2D eigenvalue weighted by Gasteiger charge is 2.30. The highest BCUT2D eigenvalue weighted by Crippen LogP contribution is 2.36. The Labute approximate surface area is 149 Å². The molecule has 0 spiro atoms. The fourth-order valence-corrected chi connectivity index (χ4v) is 3.98. The van der Waals surface area contributed by atoms with Gasteiger partial charge in [-0.1, -0.05) is 6.07 Å². The number of fused-ring (bicyclic) bond motifs is 3. The third-order valence-electron chi connectivity index (χ3n) is 5.25. The van der Waals surface area contributed by atoms with Crippen molar-refractivity contribution >= 4 is 22.5 Å². The lowest BCUT2D eigenvalue weighted by Gasteiger charge is -2.15. The molecule has 0 amide bonds. The second-order valence-electron chi connectivity index (χ2n) is 7.06. The van der Waals surface area contributed by atoms with Crippen LogP contribution in [0.1, 0.15) is 36.6 Å². The van der Waals surface area contributed by atoms with E-state index < -0.39 is 0 Å². The monoisotopic (exact) mass is 350 g/mol. The molecule has 0 bridgehead atoms. The van der Waals surface area contributed by atoms with Gasteiger partial charge in [0, 0.05) is 18.2 Å². The zero-order chi connectivity index (χ0) is 17.7. The molecule has 1 aromatic carbocycles. The summed E-state index contributed by atoms with van der Waals surface area (Å²) >= 11 is 0. The van der Waals surface area contributed by atoms with Crippen molar-refractivity contribution < 1.29 is 4.39 Å². The SMILES string of the molecule is Cc1ccc(F)c(N[C@H]2CC[C@@H](c3nnc4cnc5[nH]ccc5n34)C2)c1. The molecule has 4 aromatic rings. The maximum Gasteiger partial charge on any atom is 0.179 e. The molecule has 6 nitrogen and oxygen atoms in total. The summed E-state index contributed by atoms with van der Waals surface area (Å²) in [6.45, 7) is 1.97. The van der Waals surface area contributed by atoms with Gasteiger partial charge in [-0.05, 0) is 49.9 Å². The van der Waals surface area contributed by atoms with Crippen LogP contribution in [0, 0.1) is 12.7 Å². The molecule has 5 rings (SSSR count). The quantitative estimate of drug-likeness (QED) is 0.589. The zero-order valence-electron chi connectivity index (χ0n) is 14.4. The Morgan fingerprint density at radius 2 is 2.15 bits per heavy atom. The van der Waals surface area contributed by atoms with E-state index in [0.717, 1.165) is 47.5 Å². The van der Waals surface area contributed by atoms with Gasteiger partial charge >= 0.3 is 0 Å². The maximum atomic E-state index is 14.0. The minimum absolute atomic E-state index is 0.202. The van der Waals surface area contributed by atoms with Gasteiger partial charge in [-0.25, -0.2) is 9.37 Å². The summed E-state index contributed by atoms with van der Waals surface area (Å²) in [7, 11) is 0. The molecule has 2 N–H and O–H groups in total. The summed E-state index contributed by atoms with van der Waals surface area (Å²) in [5.41, 5.74) is 4.21. The van der Waals surface area contributed by atoms with Crippen LogP contribution in [-0.2, 0) is 0 Å². The Morgan fingerprint density at radius 3 is 3.08 bits per heavy atom. The molecule has 0 saturated heterocycles. The Morgan fingerprint density at radius 1 is 1.23 bits per heavy atom. The predicted octanol–water partition coefficient (Wildman–Crippen LogP) is 3.80. The van der Waals surface area contributed by atoms with Crippen molar-refractivity contribution in [1.29, 1.82) is 0 Å². The maximum absolute atomic E-state index is 14.0. The van der Waals surface area contributed by atoms with E-state index >= 15 is 0 Å². The number of anilines is 1. The van der Waals surface area contributed by atoms with Gasteiger partial charge in [0.25, 0.3) is 0 Å². The highest BCUT2D eigenvalue weighted by atomic mass is 19.1. The number of H-pyrrole nitrogens is 1. The minimum atomic E-state index is -0.202. The van der Waals surface area contributed by atoms with Crippen LogP contribution in [-0.4, -0.2) is 30.6 Å². The smallest absolute Gasteiger partial charge is 0.179 e. The number of nitrogens with zero attached hydrogens (tertiary/aromatic N) is 4. The molecule has 7 heteroatoms. The normalized spacial score (nSPS) is 20.2. The average molecular weight is 350 g/mol. The first-order valence-corrected chi connectivity index (χ1v) is 8.89. The molecule has 26 heavy (non-hydrogen) atoms. The summed E-state index contributed by atoms with van der Waals surface area (Å²) in [6, 6.07) is 7.40. The summed E-state index contributed by atoms with van der Waals surface area (Å²) in [5.74, 6) is 1.05. The summed E-state index contributed by atoms with van der Waals surface area (Å²) in [5, 5.41) is 12.1. The van der Waals surface area contributed by atoms with E-state index in [9.17, 15) is 4.39 Å². The number of benzene rings is 1. The molecular weight excluding hydrogens is 331 g/mol. The van der Waals surface area contributed by atoms with Crippen LogP contribution in [0.25, 0.3) is 16.8 Å². The first kappa shape index (κ1) is 15.3. The summed E-state index contributed by atoms with van der Waals surface area (Å²) in [6.07, 6.45) is 6.50. The van der Waals surface area contributed by atoms with E-state index in [1.807, 2.05) is 25.3 Å². The molecule has 0 aliphatic heterocycles. The van der Waals surface area contributed by atoms with Crippen LogP contribution in [0.5, 0.6) is 0 Å². The fourth-order valence-electron chi connectivity index (χ4n) is 3.98. The molecule has 0 radical (unpaired) electrons. The van der Waals surface area contributed by atoms with Gasteiger partial charge in [-0.15, -0.1) is 10.2 Å². The van der Waals surface area contributed by atoms with Crippen molar-refractivity contribution in [1.82, 2.24) is 24.6 Å². The fraction of sp³-hybridized carbons (Fsp3) is 0.316. The van der Waals surface area contributed by atoms with Crippen LogP contribution < -0.4 is 5.32 Å². The largest absolute Gasteiger partial charge is 0.380 e. The lowest BCUT2D eigenvalue weighted by atomic mass is 10.1. The van der Waals surface area contributed by atoms with E-state index in [0.29, 0.717) is 5.69 Å². The molecular formula is C19H19FN6. The number of aromatic nitrogens is 5. The van der Waals surface area contributed by atoms with E-state index in [4.69, 9.17) is 0 Å². The van der Waals surface area contributed by atoms with Crippen LogP contribution in [0.2, 0.25) is 0 Å². The third-order valence-corrected chi connectivity index (χ3v) is 5.25. The van der Waals surface area contributed by atoms with Crippen molar-refractivity contribution in [2.75, 3.05) is 5.32 Å². The van der Waals surface area contributed by atoms with Crippen molar-refractivity contribution in [3.63, 3.8) is 0 Å². The molecule has 1 aliphatic carbocycles. The van der Waals surface area contributed by atoms with Gasteiger partial charge < -0.3 is 10.3 Å². The zero-order valence-corrected chi connectivity index (χ0v) is 14.4. The molecule has 1 aliphatic rings. The highest BCUT2D eigenvalue weighted by molar-refractivity contribution is 5.74. The van der Waals surface area contributed by atoms with Crippen LogP contribution in [0.4, 0.5) is 10.1 Å². The standard InChI is InChI=1S/C19H19FN6/c1-11-2-5-14(20)15(8-11)23-13-4-3-12(9-13)19-25-24-17-10-22-18-16(26(17)19)6-7-21-18/h2,5-8,10,12-13,21,23H,3-4,9H2,1H3/t12-,13+/m1/s1. The molecule has 1 fully saturated rings. The van der Waals surface area contributed by atoms with Crippen LogP contribution >= 0.6 is 0 Å². The second-order valence-corrected chi connectivity index (χ2v) is 7.06. The minimum Gasteiger partial charge on any atom is -0.380 e. The Kier molecular flexibility index (Phi) is 3.41. The Hall–Kier alpha value is -2.96. The van der Waals surface area contributed by atoms with Gasteiger partial charge in [0.05, 0.1) is 17.4 Å². The average Bonchev–Trinajstić information content (AvgIpc) is 3.35. The molecule has 3 aromatic heterocycles. The second kappa shape index (κ2) is 5.79.